The highest BCUT2D eigenvalue weighted by Crippen LogP contribution is 2.36. The van der Waals surface area contributed by atoms with E-state index in [9.17, 15) is 9.59 Å². The van der Waals surface area contributed by atoms with Crippen LogP contribution in [-0.4, -0.2) is 43.4 Å². The van der Waals surface area contributed by atoms with E-state index >= 15 is 0 Å². The van der Waals surface area contributed by atoms with Gasteiger partial charge in [-0.1, -0.05) is 46.6 Å². The molecule has 0 radical (unpaired) electrons. The maximum absolute atomic E-state index is 12.6. The number of ketones is 1. The standard InChI is InChI=1S/C30H49NO3/c1-23(2)13-11-16-25(4)18-12-17-24(3)14-9-10-15-26(5)19-20-27-30(6,29(33)34-8)28(32)21-22-31(27)7/h13-15,18,27H,9-12,16-17,19-22H2,1-8H3/b24-14+,25-18+,26-15+/t27-,30-/m0/s1. The Hall–Kier alpha value is -1.94. The first-order valence-corrected chi connectivity index (χ1v) is 12.9. The summed E-state index contributed by atoms with van der Waals surface area (Å²) >= 11 is 0. The lowest BCUT2D eigenvalue weighted by Gasteiger charge is -2.43. The average Bonchev–Trinajstić information content (AvgIpc) is 2.78. The molecule has 2 atom stereocenters. The van der Waals surface area contributed by atoms with Gasteiger partial charge in [-0.15, -0.1) is 0 Å². The molecular formula is C30H49NO3. The fourth-order valence-electron chi connectivity index (χ4n) is 4.76. The van der Waals surface area contributed by atoms with Gasteiger partial charge in [0, 0.05) is 19.0 Å². The Morgan fingerprint density at radius 1 is 0.912 bits per heavy atom. The van der Waals surface area contributed by atoms with E-state index in [1.165, 1.54) is 29.4 Å². The SMILES string of the molecule is COC(=O)[C@]1(C)C(=O)CCN(C)[C@H]1CC/C(C)=C/CC/C=C(\C)CC/C=C(\C)CCC=C(C)C. The van der Waals surface area contributed by atoms with Crippen molar-refractivity contribution in [3.8, 4) is 0 Å². The smallest absolute Gasteiger partial charge is 0.320 e. The quantitative estimate of drug-likeness (QED) is 0.122. The highest BCUT2D eigenvalue weighted by molar-refractivity contribution is 6.04. The van der Waals surface area contributed by atoms with Crippen molar-refractivity contribution < 1.29 is 14.3 Å². The molecule has 1 heterocycles. The lowest BCUT2D eigenvalue weighted by molar-refractivity contribution is -0.164. The van der Waals surface area contributed by atoms with Gasteiger partial charge in [-0.3, -0.25) is 9.59 Å². The van der Waals surface area contributed by atoms with E-state index < -0.39 is 11.4 Å². The maximum Gasteiger partial charge on any atom is 0.320 e. The molecule has 0 N–H and O–H groups in total. The van der Waals surface area contributed by atoms with Crippen LogP contribution in [0.3, 0.4) is 0 Å². The zero-order valence-electron chi connectivity index (χ0n) is 23.1. The molecule has 1 aliphatic rings. The summed E-state index contributed by atoms with van der Waals surface area (Å²) in [5, 5.41) is 0. The van der Waals surface area contributed by atoms with E-state index in [-0.39, 0.29) is 11.8 Å². The normalized spacial score (nSPS) is 22.6. The molecule has 0 aromatic heterocycles. The number of likely N-dealkylation sites (tertiary alicyclic amines) is 1. The molecule has 0 unspecified atom stereocenters. The summed E-state index contributed by atoms with van der Waals surface area (Å²) in [5.74, 6) is -0.406. The lowest BCUT2D eigenvalue weighted by atomic mass is 9.71. The van der Waals surface area contributed by atoms with Crippen LogP contribution in [0.25, 0.3) is 0 Å². The van der Waals surface area contributed by atoms with E-state index in [4.69, 9.17) is 4.74 Å². The van der Waals surface area contributed by atoms with E-state index in [1.54, 1.807) is 6.92 Å². The number of rotatable bonds is 13. The summed E-state index contributed by atoms with van der Waals surface area (Å²) in [5.41, 5.74) is 4.58. The fraction of sp³-hybridized carbons (Fsp3) is 0.667. The summed E-state index contributed by atoms with van der Waals surface area (Å²) < 4.78 is 5.00. The van der Waals surface area contributed by atoms with Crippen molar-refractivity contribution in [2.45, 2.75) is 105 Å². The molecule has 192 valence electrons. The Kier molecular flexibility index (Phi) is 13.4. The number of methoxy groups -OCH3 is 1. The van der Waals surface area contributed by atoms with Crippen LogP contribution in [0.2, 0.25) is 0 Å². The molecule has 0 aromatic rings. The van der Waals surface area contributed by atoms with E-state index in [0.29, 0.717) is 13.0 Å². The molecule has 4 nitrogen and oxygen atoms in total. The Morgan fingerprint density at radius 2 is 1.41 bits per heavy atom. The molecule has 0 spiro atoms. The predicted molar refractivity (Wildman–Crippen MR) is 144 cm³/mol. The van der Waals surface area contributed by atoms with Crippen LogP contribution in [-0.2, 0) is 14.3 Å². The molecule has 4 heteroatoms. The monoisotopic (exact) mass is 471 g/mol. The second-order valence-electron chi connectivity index (χ2n) is 10.5. The number of hydrogen-bond donors (Lipinski definition) is 0. The van der Waals surface area contributed by atoms with Gasteiger partial charge in [0.15, 0.2) is 5.78 Å². The van der Waals surface area contributed by atoms with Crippen molar-refractivity contribution in [2.24, 2.45) is 5.41 Å². The lowest BCUT2D eigenvalue weighted by Crippen LogP contribution is -2.58. The Balaban J connectivity index is 2.48. The highest BCUT2D eigenvalue weighted by atomic mass is 16.5. The highest BCUT2D eigenvalue weighted by Gasteiger charge is 2.52. The molecule has 0 aromatic carbocycles. The number of carbonyl (C=O) groups is 2. The van der Waals surface area contributed by atoms with Crippen LogP contribution in [0, 0.1) is 5.41 Å². The topological polar surface area (TPSA) is 46.6 Å². The average molecular weight is 472 g/mol. The Morgan fingerprint density at radius 3 is 1.94 bits per heavy atom. The maximum atomic E-state index is 12.6. The van der Waals surface area contributed by atoms with Crippen molar-refractivity contribution >= 4 is 11.8 Å². The van der Waals surface area contributed by atoms with Gasteiger partial charge in [0.05, 0.1) is 7.11 Å². The first-order chi connectivity index (χ1) is 16.0. The van der Waals surface area contributed by atoms with Crippen molar-refractivity contribution in [2.75, 3.05) is 20.7 Å². The Labute approximate surface area is 209 Å². The number of hydrogen-bond acceptors (Lipinski definition) is 4. The first kappa shape index (κ1) is 30.1. The van der Waals surface area contributed by atoms with E-state index in [1.807, 2.05) is 7.05 Å². The molecule has 1 aliphatic heterocycles. The van der Waals surface area contributed by atoms with Crippen molar-refractivity contribution in [3.05, 3.63) is 46.6 Å². The number of ether oxygens (including phenoxy) is 1. The zero-order valence-corrected chi connectivity index (χ0v) is 23.1. The minimum atomic E-state index is -1.07. The molecule has 1 fully saturated rings. The summed E-state index contributed by atoms with van der Waals surface area (Å²) in [4.78, 5) is 27.2. The third kappa shape index (κ3) is 9.74. The number of esters is 1. The van der Waals surface area contributed by atoms with Gasteiger partial charge in [0.25, 0.3) is 0 Å². The van der Waals surface area contributed by atoms with Crippen LogP contribution in [0.15, 0.2) is 46.6 Å². The molecule has 1 rings (SSSR count). The number of unbranched alkanes of at least 4 members (excludes halogenated alkanes) is 1. The second kappa shape index (κ2) is 15.1. The van der Waals surface area contributed by atoms with Gasteiger partial charge in [-0.05, 0) is 100.0 Å². The van der Waals surface area contributed by atoms with E-state index in [2.05, 4.69) is 63.8 Å². The number of nitrogens with zero attached hydrogens (tertiary/aromatic N) is 1. The van der Waals surface area contributed by atoms with Gasteiger partial charge in [0.2, 0.25) is 0 Å². The van der Waals surface area contributed by atoms with Crippen LogP contribution in [0.5, 0.6) is 0 Å². The molecule has 1 saturated heterocycles. The zero-order chi connectivity index (χ0) is 25.7. The van der Waals surface area contributed by atoms with Crippen LogP contribution < -0.4 is 0 Å². The summed E-state index contributed by atoms with van der Waals surface area (Å²) in [6, 6.07) is -0.120. The number of carbonyl (C=O) groups excluding carboxylic acids is 2. The van der Waals surface area contributed by atoms with Crippen molar-refractivity contribution in [3.63, 3.8) is 0 Å². The first-order valence-electron chi connectivity index (χ1n) is 12.9. The van der Waals surface area contributed by atoms with Gasteiger partial charge >= 0.3 is 5.97 Å². The molecule has 0 saturated carbocycles. The van der Waals surface area contributed by atoms with Crippen LogP contribution >= 0.6 is 0 Å². The molecule has 0 aliphatic carbocycles. The summed E-state index contributed by atoms with van der Waals surface area (Å²) in [6.45, 7) is 13.4. The molecule has 0 amide bonds. The molecule has 34 heavy (non-hydrogen) atoms. The van der Waals surface area contributed by atoms with E-state index in [0.717, 1.165) is 51.4 Å². The molecule has 0 bridgehead atoms. The van der Waals surface area contributed by atoms with Gasteiger partial charge in [-0.25, -0.2) is 0 Å². The second-order valence-corrected chi connectivity index (χ2v) is 10.5. The predicted octanol–water partition coefficient (Wildman–Crippen LogP) is 7.36. The van der Waals surface area contributed by atoms with Crippen LogP contribution in [0.4, 0.5) is 0 Å². The van der Waals surface area contributed by atoms with Gasteiger partial charge < -0.3 is 9.64 Å². The summed E-state index contributed by atoms with van der Waals surface area (Å²) in [6.07, 6.45) is 18.0. The van der Waals surface area contributed by atoms with Gasteiger partial charge in [0.1, 0.15) is 5.41 Å². The van der Waals surface area contributed by atoms with Crippen molar-refractivity contribution in [1.82, 2.24) is 4.90 Å². The number of piperidine rings is 1. The largest absolute Gasteiger partial charge is 0.468 e. The number of allylic oxidation sites excluding steroid dienone is 8. The fourth-order valence-corrected chi connectivity index (χ4v) is 4.76. The van der Waals surface area contributed by atoms with Crippen LogP contribution in [0.1, 0.15) is 99.3 Å². The minimum absolute atomic E-state index is 0.00243. The summed E-state index contributed by atoms with van der Waals surface area (Å²) in [7, 11) is 3.38. The third-order valence-corrected chi connectivity index (χ3v) is 7.17. The molecular weight excluding hydrogens is 422 g/mol. The van der Waals surface area contributed by atoms with Crippen molar-refractivity contribution in [1.29, 1.82) is 0 Å². The minimum Gasteiger partial charge on any atom is -0.468 e. The van der Waals surface area contributed by atoms with Gasteiger partial charge in [-0.2, -0.15) is 0 Å². The Bertz CT molecular complexity index is 788. The third-order valence-electron chi connectivity index (χ3n) is 7.17. The number of Topliss-reactive ketones (excluding diaryl/α,β-unsaturated/α-hetero) is 1.